The second-order valence-corrected chi connectivity index (χ2v) is 6.82. The van der Waals surface area contributed by atoms with Crippen molar-refractivity contribution >= 4 is 27.6 Å². The number of anilines is 1. The van der Waals surface area contributed by atoms with Gasteiger partial charge in [-0.15, -0.1) is 0 Å². The fraction of sp³-hybridized carbons (Fsp3) is 0.562. The zero-order chi connectivity index (χ0) is 15.6. The average molecular weight is 358 g/mol. The molecule has 0 aromatic heterocycles. The van der Waals surface area contributed by atoms with E-state index in [0.717, 1.165) is 25.7 Å². The van der Waals surface area contributed by atoms with E-state index in [1.807, 2.05) is 6.92 Å². The van der Waals surface area contributed by atoms with Gasteiger partial charge in [0.2, 0.25) is 0 Å². The maximum atomic E-state index is 13.7. The molecule has 1 aliphatic rings. The SMILES string of the molecule is CC(C1CCCCC1)C(C(=O)O)c1cc(F)cc(Br)c1N. The molecule has 2 rings (SSSR count). The van der Waals surface area contributed by atoms with E-state index in [0.29, 0.717) is 21.6 Å². The van der Waals surface area contributed by atoms with Crippen molar-refractivity contribution in [3.05, 3.63) is 28.0 Å². The Bertz CT molecular complexity index is 529. The summed E-state index contributed by atoms with van der Waals surface area (Å²) in [4.78, 5) is 11.8. The number of rotatable bonds is 4. The monoisotopic (exact) mass is 357 g/mol. The van der Waals surface area contributed by atoms with Crippen molar-refractivity contribution < 1.29 is 14.3 Å². The molecule has 116 valence electrons. The summed E-state index contributed by atoms with van der Waals surface area (Å²) in [6.07, 6.45) is 5.59. The zero-order valence-corrected chi connectivity index (χ0v) is 13.7. The minimum absolute atomic E-state index is 0.0567. The highest BCUT2D eigenvalue weighted by Gasteiger charge is 2.34. The molecule has 0 heterocycles. The lowest BCUT2D eigenvalue weighted by molar-refractivity contribution is -0.140. The molecule has 5 heteroatoms. The predicted octanol–water partition coefficient (Wildman–Crippen LogP) is 4.56. The Morgan fingerprint density at radius 3 is 2.57 bits per heavy atom. The van der Waals surface area contributed by atoms with Gasteiger partial charge in [-0.3, -0.25) is 4.79 Å². The van der Waals surface area contributed by atoms with E-state index in [4.69, 9.17) is 5.73 Å². The van der Waals surface area contributed by atoms with Gasteiger partial charge in [0.1, 0.15) is 5.82 Å². The summed E-state index contributed by atoms with van der Waals surface area (Å²) in [6, 6.07) is 2.53. The summed E-state index contributed by atoms with van der Waals surface area (Å²) >= 11 is 3.20. The number of nitrogen functional groups attached to an aromatic ring is 1. The second kappa shape index (κ2) is 6.77. The first-order chi connectivity index (χ1) is 9.91. The fourth-order valence-electron chi connectivity index (χ4n) is 3.44. The standard InChI is InChI=1S/C16H21BrFNO2/c1-9(10-5-3-2-4-6-10)14(16(20)21)12-7-11(18)8-13(17)15(12)19/h7-10,14H,2-6,19H2,1H3,(H,20,21). The van der Waals surface area contributed by atoms with Crippen LogP contribution in [0.15, 0.2) is 16.6 Å². The number of halogens is 2. The fourth-order valence-corrected chi connectivity index (χ4v) is 3.88. The maximum Gasteiger partial charge on any atom is 0.311 e. The molecule has 0 aliphatic heterocycles. The van der Waals surface area contributed by atoms with Crippen molar-refractivity contribution in [1.82, 2.24) is 0 Å². The highest BCUT2D eigenvalue weighted by atomic mass is 79.9. The van der Waals surface area contributed by atoms with Crippen LogP contribution in [-0.2, 0) is 4.79 Å². The highest BCUT2D eigenvalue weighted by Crippen LogP contribution is 2.41. The summed E-state index contributed by atoms with van der Waals surface area (Å²) in [5.74, 6) is -1.86. The molecule has 0 spiro atoms. The number of hydrogen-bond donors (Lipinski definition) is 2. The number of carboxylic acids is 1. The van der Waals surface area contributed by atoms with E-state index in [-0.39, 0.29) is 5.92 Å². The van der Waals surface area contributed by atoms with Gasteiger partial charge in [0.15, 0.2) is 0 Å². The van der Waals surface area contributed by atoms with Crippen LogP contribution in [0.1, 0.15) is 50.5 Å². The van der Waals surface area contributed by atoms with Crippen molar-refractivity contribution in [2.75, 3.05) is 5.73 Å². The first-order valence-corrected chi connectivity index (χ1v) is 8.18. The second-order valence-electron chi connectivity index (χ2n) is 5.96. The molecular weight excluding hydrogens is 337 g/mol. The topological polar surface area (TPSA) is 63.3 Å². The first-order valence-electron chi connectivity index (χ1n) is 7.39. The van der Waals surface area contributed by atoms with Crippen LogP contribution in [0.5, 0.6) is 0 Å². The van der Waals surface area contributed by atoms with E-state index in [2.05, 4.69) is 15.9 Å². The van der Waals surface area contributed by atoms with Gasteiger partial charge < -0.3 is 10.8 Å². The van der Waals surface area contributed by atoms with Gasteiger partial charge in [-0.25, -0.2) is 4.39 Å². The molecule has 0 bridgehead atoms. The molecule has 1 aliphatic carbocycles. The molecule has 21 heavy (non-hydrogen) atoms. The Hall–Kier alpha value is -1.10. The number of carbonyl (C=O) groups is 1. The summed E-state index contributed by atoms with van der Waals surface area (Å²) in [5, 5.41) is 9.64. The van der Waals surface area contributed by atoms with Crippen LogP contribution in [-0.4, -0.2) is 11.1 Å². The van der Waals surface area contributed by atoms with Crippen LogP contribution in [0.2, 0.25) is 0 Å². The third kappa shape index (κ3) is 3.57. The van der Waals surface area contributed by atoms with Gasteiger partial charge in [-0.05, 0) is 45.5 Å². The van der Waals surface area contributed by atoms with Gasteiger partial charge in [0.25, 0.3) is 0 Å². The van der Waals surface area contributed by atoms with Crippen molar-refractivity contribution in [2.45, 2.75) is 44.9 Å². The lowest BCUT2D eigenvalue weighted by Gasteiger charge is -2.32. The molecule has 1 aromatic rings. The number of hydrogen-bond acceptors (Lipinski definition) is 2. The van der Waals surface area contributed by atoms with E-state index >= 15 is 0 Å². The number of nitrogens with two attached hydrogens (primary N) is 1. The lowest BCUT2D eigenvalue weighted by Crippen LogP contribution is -2.28. The summed E-state index contributed by atoms with van der Waals surface area (Å²) in [7, 11) is 0. The van der Waals surface area contributed by atoms with Crippen LogP contribution >= 0.6 is 15.9 Å². The molecule has 3 N–H and O–H groups in total. The molecule has 1 aromatic carbocycles. The summed E-state index contributed by atoms with van der Waals surface area (Å²) in [5.41, 5.74) is 6.69. The molecule has 1 saturated carbocycles. The molecule has 2 atom stereocenters. The molecule has 0 radical (unpaired) electrons. The van der Waals surface area contributed by atoms with Gasteiger partial charge in [0, 0.05) is 4.47 Å². The van der Waals surface area contributed by atoms with E-state index in [9.17, 15) is 14.3 Å². The summed E-state index contributed by atoms with van der Waals surface area (Å²) < 4.78 is 14.1. The van der Waals surface area contributed by atoms with Crippen molar-refractivity contribution in [2.24, 2.45) is 11.8 Å². The number of aliphatic carboxylic acids is 1. The van der Waals surface area contributed by atoms with Gasteiger partial charge in [0.05, 0.1) is 11.6 Å². The Morgan fingerprint density at radius 2 is 2.00 bits per heavy atom. The lowest BCUT2D eigenvalue weighted by atomic mass is 9.72. The van der Waals surface area contributed by atoms with Crippen molar-refractivity contribution in [1.29, 1.82) is 0 Å². The van der Waals surface area contributed by atoms with Crippen LogP contribution in [0.25, 0.3) is 0 Å². The minimum atomic E-state index is -0.933. The molecule has 3 nitrogen and oxygen atoms in total. The van der Waals surface area contributed by atoms with E-state index in [1.54, 1.807) is 0 Å². The van der Waals surface area contributed by atoms with E-state index in [1.165, 1.54) is 18.6 Å². The maximum absolute atomic E-state index is 13.7. The van der Waals surface area contributed by atoms with Gasteiger partial charge >= 0.3 is 5.97 Å². The van der Waals surface area contributed by atoms with Crippen LogP contribution < -0.4 is 5.73 Å². The molecular formula is C16H21BrFNO2. The van der Waals surface area contributed by atoms with Crippen LogP contribution in [0, 0.1) is 17.7 Å². The highest BCUT2D eigenvalue weighted by molar-refractivity contribution is 9.10. The third-order valence-corrected chi connectivity index (χ3v) is 5.30. The molecule has 0 amide bonds. The molecule has 0 saturated heterocycles. The Kier molecular flexibility index (Phi) is 5.25. The van der Waals surface area contributed by atoms with Crippen LogP contribution in [0.3, 0.4) is 0 Å². The third-order valence-electron chi connectivity index (χ3n) is 4.65. The van der Waals surface area contributed by atoms with Gasteiger partial charge in [-0.2, -0.15) is 0 Å². The number of benzene rings is 1. The quantitative estimate of drug-likeness (QED) is 0.776. The Labute approximate surface area is 132 Å². The van der Waals surface area contributed by atoms with E-state index < -0.39 is 17.7 Å². The average Bonchev–Trinajstić information content (AvgIpc) is 2.44. The van der Waals surface area contributed by atoms with Crippen molar-refractivity contribution in [3.8, 4) is 0 Å². The first kappa shape index (κ1) is 16.3. The van der Waals surface area contributed by atoms with Gasteiger partial charge in [-0.1, -0.05) is 39.0 Å². The number of carboxylic acid groups (broad SMARTS) is 1. The smallest absolute Gasteiger partial charge is 0.311 e. The normalized spacial score (nSPS) is 19.2. The largest absolute Gasteiger partial charge is 0.481 e. The Morgan fingerprint density at radius 1 is 1.38 bits per heavy atom. The minimum Gasteiger partial charge on any atom is -0.481 e. The van der Waals surface area contributed by atoms with Crippen molar-refractivity contribution in [3.63, 3.8) is 0 Å². The molecule has 2 unspecified atom stereocenters. The molecule has 1 fully saturated rings. The zero-order valence-electron chi connectivity index (χ0n) is 12.1. The summed E-state index contributed by atoms with van der Waals surface area (Å²) in [6.45, 7) is 1.95. The Balaban J connectivity index is 2.37. The van der Waals surface area contributed by atoms with Crippen LogP contribution in [0.4, 0.5) is 10.1 Å². The predicted molar refractivity (Wildman–Crippen MR) is 84.6 cm³/mol.